The molecule has 2 aliphatic rings. The molecule has 6 rings (SSSR count). The summed E-state index contributed by atoms with van der Waals surface area (Å²) in [4.78, 5) is 10.5. The SMILES string of the molecule is c1cc(-c2noc([C@@H]3CCCN3)n2)ccc1-c1ccc(-c2cnc([C@@H]3CCCN3)s2)cc1. The van der Waals surface area contributed by atoms with E-state index >= 15 is 0 Å². The molecule has 2 N–H and O–H groups in total. The second-order valence-corrected chi connectivity index (χ2v) is 9.53. The molecule has 7 heteroatoms. The predicted octanol–water partition coefficient (Wildman–Crippen LogP) is 5.38. The van der Waals surface area contributed by atoms with Crippen molar-refractivity contribution in [3.63, 3.8) is 0 Å². The highest BCUT2D eigenvalue weighted by atomic mass is 32.1. The number of nitrogens with zero attached hydrogens (tertiary/aromatic N) is 3. The monoisotopic (exact) mass is 443 g/mol. The number of aromatic nitrogens is 3. The Labute approximate surface area is 191 Å². The molecule has 0 amide bonds. The van der Waals surface area contributed by atoms with Crippen LogP contribution in [0.25, 0.3) is 33.0 Å². The van der Waals surface area contributed by atoms with Gasteiger partial charge in [0.25, 0.3) is 0 Å². The van der Waals surface area contributed by atoms with Crippen LogP contribution in [0, 0.1) is 0 Å². The lowest BCUT2D eigenvalue weighted by Crippen LogP contribution is -2.12. The molecule has 0 spiro atoms. The third-order valence-electron chi connectivity index (χ3n) is 6.33. The first-order valence-corrected chi connectivity index (χ1v) is 12.1. The van der Waals surface area contributed by atoms with Crippen LogP contribution in [0.4, 0.5) is 0 Å². The molecular formula is C25H25N5OS. The lowest BCUT2D eigenvalue weighted by Gasteiger charge is -2.05. The van der Waals surface area contributed by atoms with E-state index in [0.717, 1.165) is 31.5 Å². The van der Waals surface area contributed by atoms with Crippen LogP contribution in [-0.4, -0.2) is 28.2 Å². The molecule has 2 aromatic carbocycles. The summed E-state index contributed by atoms with van der Waals surface area (Å²) >= 11 is 1.79. The van der Waals surface area contributed by atoms with Gasteiger partial charge in [0.1, 0.15) is 5.01 Å². The van der Waals surface area contributed by atoms with Crippen molar-refractivity contribution in [1.29, 1.82) is 0 Å². The minimum atomic E-state index is 0.193. The van der Waals surface area contributed by atoms with E-state index in [1.807, 2.05) is 6.20 Å². The van der Waals surface area contributed by atoms with Gasteiger partial charge in [-0.3, -0.25) is 0 Å². The Morgan fingerprint density at radius 1 is 0.781 bits per heavy atom. The van der Waals surface area contributed by atoms with Crippen molar-refractivity contribution in [1.82, 2.24) is 25.8 Å². The van der Waals surface area contributed by atoms with E-state index in [-0.39, 0.29) is 6.04 Å². The molecule has 0 aliphatic carbocycles. The molecule has 6 nitrogen and oxygen atoms in total. The van der Waals surface area contributed by atoms with E-state index in [9.17, 15) is 0 Å². The summed E-state index contributed by atoms with van der Waals surface area (Å²) in [6.07, 6.45) is 6.63. The van der Waals surface area contributed by atoms with Crippen LogP contribution in [0.1, 0.15) is 48.7 Å². The molecule has 2 aliphatic heterocycles. The quantitative estimate of drug-likeness (QED) is 0.432. The Bertz CT molecular complexity index is 1090. The largest absolute Gasteiger partial charge is 0.337 e. The molecule has 4 heterocycles. The van der Waals surface area contributed by atoms with Crippen molar-refractivity contribution in [2.24, 2.45) is 0 Å². The van der Waals surface area contributed by atoms with E-state index in [0.29, 0.717) is 17.8 Å². The smallest absolute Gasteiger partial charge is 0.244 e. The van der Waals surface area contributed by atoms with Gasteiger partial charge in [0, 0.05) is 11.8 Å². The van der Waals surface area contributed by atoms with Crippen molar-refractivity contribution >= 4 is 11.3 Å². The zero-order valence-electron chi connectivity index (χ0n) is 17.8. The lowest BCUT2D eigenvalue weighted by atomic mass is 10.0. The summed E-state index contributed by atoms with van der Waals surface area (Å²) in [6, 6.07) is 17.7. The summed E-state index contributed by atoms with van der Waals surface area (Å²) < 4.78 is 5.48. The maximum Gasteiger partial charge on any atom is 0.244 e. The number of hydrogen-bond donors (Lipinski definition) is 2. The van der Waals surface area contributed by atoms with Gasteiger partial charge in [-0.15, -0.1) is 11.3 Å². The van der Waals surface area contributed by atoms with Gasteiger partial charge < -0.3 is 15.2 Å². The predicted molar refractivity (Wildman–Crippen MR) is 126 cm³/mol. The molecule has 162 valence electrons. The molecule has 32 heavy (non-hydrogen) atoms. The molecule has 0 saturated carbocycles. The van der Waals surface area contributed by atoms with Crippen LogP contribution in [0.3, 0.4) is 0 Å². The van der Waals surface area contributed by atoms with Crippen molar-refractivity contribution in [3.8, 4) is 33.0 Å². The fourth-order valence-electron chi connectivity index (χ4n) is 4.51. The van der Waals surface area contributed by atoms with E-state index < -0.39 is 0 Å². The Balaban J connectivity index is 1.17. The molecule has 2 aromatic heterocycles. The van der Waals surface area contributed by atoms with E-state index in [2.05, 4.69) is 74.3 Å². The van der Waals surface area contributed by atoms with E-state index in [1.165, 1.54) is 39.4 Å². The lowest BCUT2D eigenvalue weighted by molar-refractivity contribution is 0.345. The average molecular weight is 444 g/mol. The highest BCUT2D eigenvalue weighted by molar-refractivity contribution is 7.15. The second-order valence-electron chi connectivity index (χ2n) is 8.47. The molecule has 4 aromatic rings. The van der Waals surface area contributed by atoms with Crippen LogP contribution in [0.5, 0.6) is 0 Å². The third kappa shape index (κ3) is 3.88. The molecule has 2 saturated heterocycles. The molecule has 0 unspecified atom stereocenters. The van der Waals surface area contributed by atoms with Gasteiger partial charge in [0.2, 0.25) is 11.7 Å². The number of rotatable bonds is 5. The van der Waals surface area contributed by atoms with Gasteiger partial charge in [-0.2, -0.15) is 4.98 Å². The zero-order valence-corrected chi connectivity index (χ0v) is 18.6. The van der Waals surface area contributed by atoms with E-state index in [1.54, 1.807) is 11.3 Å². The van der Waals surface area contributed by atoms with Crippen molar-refractivity contribution < 1.29 is 4.52 Å². The average Bonchev–Trinajstić information content (AvgIpc) is 3.66. The molecular weight excluding hydrogens is 418 g/mol. The summed E-state index contributed by atoms with van der Waals surface area (Å²) in [5.74, 6) is 1.33. The van der Waals surface area contributed by atoms with Crippen LogP contribution in [0.15, 0.2) is 59.3 Å². The summed E-state index contributed by atoms with van der Waals surface area (Å²) in [5.41, 5.74) is 4.54. The molecule has 0 bridgehead atoms. The highest BCUT2D eigenvalue weighted by Gasteiger charge is 2.23. The Morgan fingerprint density at radius 3 is 2.06 bits per heavy atom. The van der Waals surface area contributed by atoms with Crippen LogP contribution >= 0.6 is 11.3 Å². The number of hydrogen-bond acceptors (Lipinski definition) is 7. The van der Waals surface area contributed by atoms with Gasteiger partial charge in [0.05, 0.1) is 17.0 Å². The van der Waals surface area contributed by atoms with Crippen LogP contribution < -0.4 is 10.6 Å². The molecule has 2 atom stereocenters. The van der Waals surface area contributed by atoms with Gasteiger partial charge in [0.15, 0.2) is 0 Å². The third-order valence-corrected chi connectivity index (χ3v) is 7.49. The Morgan fingerprint density at radius 2 is 1.41 bits per heavy atom. The number of benzene rings is 2. The first kappa shape index (κ1) is 19.8. The van der Waals surface area contributed by atoms with Crippen molar-refractivity contribution in [3.05, 3.63) is 65.6 Å². The highest BCUT2D eigenvalue weighted by Crippen LogP contribution is 2.34. The topological polar surface area (TPSA) is 75.9 Å². The minimum absolute atomic E-state index is 0.193. The Kier molecular flexibility index (Phi) is 5.30. The van der Waals surface area contributed by atoms with Gasteiger partial charge >= 0.3 is 0 Å². The first-order chi connectivity index (χ1) is 15.8. The normalized spacial score (nSPS) is 20.8. The minimum Gasteiger partial charge on any atom is -0.337 e. The standard InChI is InChI=1S/C25H25N5OS/c1-3-20(26-13-1)24-29-23(30-31-24)19-11-7-17(8-12-19)16-5-9-18(10-6-16)22-15-28-25(32-22)21-4-2-14-27-21/h5-12,15,20-21,26-27H,1-4,13-14H2/t20-,21-/m0/s1. The van der Waals surface area contributed by atoms with Crippen molar-refractivity contribution in [2.75, 3.05) is 13.1 Å². The maximum atomic E-state index is 5.48. The zero-order chi connectivity index (χ0) is 21.3. The number of thiazole rings is 1. The maximum absolute atomic E-state index is 5.48. The van der Waals surface area contributed by atoms with Crippen LogP contribution in [0.2, 0.25) is 0 Å². The molecule has 2 fully saturated rings. The summed E-state index contributed by atoms with van der Waals surface area (Å²) in [7, 11) is 0. The fourth-order valence-corrected chi connectivity index (χ4v) is 5.54. The number of nitrogens with one attached hydrogen (secondary N) is 2. The first-order valence-electron chi connectivity index (χ1n) is 11.3. The summed E-state index contributed by atoms with van der Waals surface area (Å²) in [6.45, 7) is 2.11. The van der Waals surface area contributed by atoms with Gasteiger partial charge in [-0.1, -0.05) is 53.7 Å². The van der Waals surface area contributed by atoms with Crippen molar-refractivity contribution in [2.45, 2.75) is 37.8 Å². The van der Waals surface area contributed by atoms with Gasteiger partial charge in [-0.05, 0) is 55.5 Å². The van der Waals surface area contributed by atoms with E-state index in [4.69, 9.17) is 4.52 Å². The second kappa shape index (κ2) is 8.58. The summed E-state index contributed by atoms with van der Waals surface area (Å²) in [5, 5.41) is 12.3. The van der Waals surface area contributed by atoms with Crippen LogP contribution in [-0.2, 0) is 0 Å². The Hall–Kier alpha value is -2.87. The van der Waals surface area contributed by atoms with Gasteiger partial charge in [-0.25, -0.2) is 4.98 Å². The molecule has 0 radical (unpaired) electrons. The fraction of sp³-hybridized carbons (Fsp3) is 0.320.